The molecule has 0 atom stereocenters. The van der Waals surface area contributed by atoms with Crippen molar-refractivity contribution in [3.63, 3.8) is 0 Å². The number of hydrogen-bond donors (Lipinski definition) is 0. The first-order valence-electron chi connectivity index (χ1n) is 4.91. The van der Waals surface area contributed by atoms with E-state index in [1.54, 1.807) is 0 Å². The van der Waals surface area contributed by atoms with Crippen LogP contribution < -0.4 is 0 Å². The fourth-order valence-corrected chi connectivity index (χ4v) is 1.58. The summed E-state index contributed by atoms with van der Waals surface area (Å²) in [6.45, 7) is 8.30. The maximum atomic E-state index is 4.56. The third-order valence-electron chi connectivity index (χ3n) is 2.37. The van der Waals surface area contributed by atoms with Gasteiger partial charge in [0.15, 0.2) is 0 Å². The summed E-state index contributed by atoms with van der Waals surface area (Å²) in [6, 6.07) is 2.01. The lowest BCUT2D eigenvalue weighted by Crippen LogP contribution is -1.95. The van der Waals surface area contributed by atoms with Crippen molar-refractivity contribution in [1.82, 2.24) is 14.4 Å². The highest BCUT2D eigenvalue weighted by atomic mass is 15.1. The lowest BCUT2D eigenvalue weighted by Gasteiger charge is -1.99. The molecule has 2 aromatic heterocycles. The minimum absolute atomic E-state index is 0.467. The highest BCUT2D eigenvalue weighted by molar-refractivity contribution is 5.42. The minimum atomic E-state index is 0.467. The van der Waals surface area contributed by atoms with E-state index in [1.807, 2.05) is 24.3 Å². The van der Waals surface area contributed by atoms with Crippen LogP contribution in [0.15, 0.2) is 12.3 Å². The van der Waals surface area contributed by atoms with Crippen LogP contribution in [0, 0.1) is 13.8 Å². The number of nitrogens with zero attached hydrogens (tertiary/aromatic N) is 3. The summed E-state index contributed by atoms with van der Waals surface area (Å²) < 4.78 is 2.04. The zero-order chi connectivity index (χ0) is 10.3. The minimum Gasteiger partial charge on any atom is -0.288 e. The van der Waals surface area contributed by atoms with E-state index in [-0.39, 0.29) is 0 Å². The van der Waals surface area contributed by atoms with Crippen molar-refractivity contribution in [3.8, 4) is 0 Å². The van der Waals surface area contributed by atoms with Crippen molar-refractivity contribution >= 4 is 5.65 Å². The average Bonchev–Trinajstić information content (AvgIpc) is 2.47. The van der Waals surface area contributed by atoms with E-state index in [0.717, 1.165) is 22.9 Å². The molecule has 74 valence electrons. The standard InChI is InChI=1S/C11H15N3/c1-7(2)10-6-14-9(4)12-8(3)5-11(14)13-10/h5-7H,1-4H3. The molecule has 0 aliphatic carbocycles. The van der Waals surface area contributed by atoms with E-state index in [2.05, 4.69) is 30.0 Å². The van der Waals surface area contributed by atoms with Crippen LogP contribution in [-0.2, 0) is 0 Å². The number of imidazole rings is 1. The maximum Gasteiger partial charge on any atom is 0.140 e. The highest BCUT2D eigenvalue weighted by Crippen LogP contribution is 2.15. The molecule has 0 unspecified atom stereocenters. The largest absolute Gasteiger partial charge is 0.288 e. The molecule has 2 rings (SSSR count). The molecule has 0 radical (unpaired) electrons. The summed E-state index contributed by atoms with van der Waals surface area (Å²) in [6.07, 6.45) is 2.07. The van der Waals surface area contributed by atoms with E-state index in [9.17, 15) is 0 Å². The van der Waals surface area contributed by atoms with Crippen molar-refractivity contribution in [1.29, 1.82) is 0 Å². The molecule has 3 heteroatoms. The Labute approximate surface area is 83.8 Å². The van der Waals surface area contributed by atoms with Crippen molar-refractivity contribution in [2.75, 3.05) is 0 Å². The fraction of sp³-hybridized carbons (Fsp3) is 0.455. The van der Waals surface area contributed by atoms with Crippen LogP contribution in [0.1, 0.15) is 37.0 Å². The van der Waals surface area contributed by atoms with E-state index < -0.39 is 0 Å². The van der Waals surface area contributed by atoms with Gasteiger partial charge in [0.1, 0.15) is 11.5 Å². The Morgan fingerprint density at radius 1 is 1.21 bits per heavy atom. The molecule has 0 aliphatic heterocycles. The SMILES string of the molecule is Cc1cc2nc(C(C)C)cn2c(C)n1. The quantitative estimate of drug-likeness (QED) is 0.689. The van der Waals surface area contributed by atoms with Gasteiger partial charge >= 0.3 is 0 Å². The molecular weight excluding hydrogens is 174 g/mol. The van der Waals surface area contributed by atoms with Crippen LogP contribution in [0.25, 0.3) is 5.65 Å². The number of hydrogen-bond acceptors (Lipinski definition) is 2. The Kier molecular flexibility index (Phi) is 2.02. The number of aryl methyl sites for hydroxylation is 2. The summed E-state index contributed by atoms with van der Waals surface area (Å²) in [4.78, 5) is 8.95. The van der Waals surface area contributed by atoms with Gasteiger partial charge in [-0.25, -0.2) is 9.97 Å². The molecular formula is C11H15N3. The topological polar surface area (TPSA) is 30.2 Å². The Hall–Kier alpha value is -1.38. The molecule has 2 heterocycles. The fourth-order valence-electron chi connectivity index (χ4n) is 1.58. The van der Waals surface area contributed by atoms with Gasteiger partial charge in [-0.2, -0.15) is 0 Å². The normalized spacial score (nSPS) is 11.5. The first-order valence-corrected chi connectivity index (χ1v) is 4.91. The molecule has 0 aromatic carbocycles. The van der Waals surface area contributed by atoms with Crippen LogP contribution in [0.4, 0.5) is 0 Å². The lowest BCUT2D eigenvalue weighted by molar-refractivity contribution is 0.833. The van der Waals surface area contributed by atoms with Crippen LogP contribution in [0.2, 0.25) is 0 Å². The molecule has 0 saturated carbocycles. The maximum absolute atomic E-state index is 4.56. The first-order chi connectivity index (χ1) is 6.58. The predicted octanol–water partition coefficient (Wildman–Crippen LogP) is 2.47. The van der Waals surface area contributed by atoms with E-state index in [0.29, 0.717) is 5.92 Å². The van der Waals surface area contributed by atoms with Gasteiger partial charge in [-0.3, -0.25) is 4.40 Å². The van der Waals surface area contributed by atoms with Crippen molar-refractivity contribution in [2.45, 2.75) is 33.6 Å². The monoisotopic (exact) mass is 189 g/mol. The Balaban J connectivity index is 2.70. The van der Waals surface area contributed by atoms with Gasteiger partial charge in [0.25, 0.3) is 0 Å². The second kappa shape index (κ2) is 3.08. The summed E-state index contributed by atoms with van der Waals surface area (Å²) >= 11 is 0. The average molecular weight is 189 g/mol. The third-order valence-corrected chi connectivity index (χ3v) is 2.37. The number of fused-ring (bicyclic) bond motifs is 1. The summed E-state index contributed by atoms with van der Waals surface area (Å²) in [5.41, 5.74) is 3.15. The molecule has 0 amide bonds. The van der Waals surface area contributed by atoms with Gasteiger partial charge in [0.2, 0.25) is 0 Å². The molecule has 0 aliphatic rings. The van der Waals surface area contributed by atoms with Gasteiger partial charge in [-0.05, 0) is 19.8 Å². The Morgan fingerprint density at radius 3 is 2.57 bits per heavy atom. The summed E-state index contributed by atoms with van der Waals surface area (Å²) in [5.74, 6) is 1.47. The lowest BCUT2D eigenvalue weighted by atomic mass is 10.2. The van der Waals surface area contributed by atoms with Gasteiger partial charge in [-0.15, -0.1) is 0 Å². The molecule has 0 fully saturated rings. The zero-order valence-electron chi connectivity index (χ0n) is 9.07. The Morgan fingerprint density at radius 2 is 1.93 bits per heavy atom. The second-order valence-electron chi connectivity index (χ2n) is 3.99. The molecule has 3 nitrogen and oxygen atoms in total. The number of rotatable bonds is 1. The molecule has 0 saturated heterocycles. The van der Waals surface area contributed by atoms with Crippen molar-refractivity contribution < 1.29 is 0 Å². The van der Waals surface area contributed by atoms with E-state index in [1.165, 1.54) is 0 Å². The molecule has 14 heavy (non-hydrogen) atoms. The molecule has 0 bridgehead atoms. The van der Waals surface area contributed by atoms with Crippen LogP contribution >= 0.6 is 0 Å². The van der Waals surface area contributed by atoms with Crippen molar-refractivity contribution in [2.24, 2.45) is 0 Å². The molecule has 0 spiro atoms. The van der Waals surface area contributed by atoms with Gasteiger partial charge in [0.05, 0.1) is 5.69 Å². The first kappa shape index (κ1) is 9.19. The van der Waals surface area contributed by atoms with Crippen LogP contribution in [0.5, 0.6) is 0 Å². The van der Waals surface area contributed by atoms with Gasteiger partial charge < -0.3 is 0 Å². The smallest absolute Gasteiger partial charge is 0.140 e. The Bertz CT molecular complexity index is 469. The van der Waals surface area contributed by atoms with Crippen LogP contribution in [0.3, 0.4) is 0 Å². The van der Waals surface area contributed by atoms with Crippen molar-refractivity contribution in [3.05, 3.63) is 29.5 Å². The van der Waals surface area contributed by atoms with E-state index in [4.69, 9.17) is 0 Å². The van der Waals surface area contributed by atoms with Gasteiger partial charge in [-0.1, -0.05) is 13.8 Å². The number of aromatic nitrogens is 3. The van der Waals surface area contributed by atoms with Gasteiger partial charge in [0, 0.05) is 18.0 Å². The molecule has 0 N–H and O–H groups in total. The zero-order valence-corrected chi connectivity index (χ0v) is 9.07. The van der Waals surface area contributed by atoms with Crippen LogP contribution in [-0.4, -0.2) is 14.4 Å². The van der Waals surface area contributed by atoms with E-state index >= 15 is 0 Å². The highest BCUT2D eigenvalue weighted by Gasteiger charge is 2.07. The molecule has 2 aromatic rings. The second-order valence-corrected chi connectivity index (χ2v) is 3.99. The predicted molar refractivity (Wildman–Crippen MR) is 56.6 cm³/mol. The summed E-state index contributed by atoms with van der Waals surface area (Å²) in [5, 5.41) is 0. The third kappa shape index (κ3) is 1.39. The summed E-state index contributed by atoms with van der Waals surface area (Å²) in [7, 11) is 0.